The molecule has 1 heterocycles. The van der Waals surface area contributed by atoms with Gasteiger partial charge in [0.15, 0.2) is 0 Å². The zero-order valence-electron chi connectivity index (χ0n) is 9.49. The fourth-order valence-corrected chi connectivity index (χ4v) is 1.80. The Morgan fingerprint density at radius 2 is 2.14 bits per heavy atom. The minimum Gasteiger partial charge on any atom is -0.379 e. The van der Waals surface area contributed by atoms with Crippen molar-refractivity contribution in [2.75, 3.05) is 34.3 Å². The van der Waals surface area contributed by atoms with Gasteiger partial charge in [0.05, 0.1) is 6.10 Å². The van der Waals surface area contributed by atoms with Crippen molar-refractivity contribution in [2.45, 2.75) is 19.4 Å². The van der Waals surface area contributed by atoms with Crippen molar-refractivity contribution in [2.24, 2.45) is 5.92 Å². The van der Waals surface area contributed by atoms with E-state index in [1.165, 1.54) is 0 Å². The van der Waals surface area contributed by atoms with Gasteiger partial charge in [0.1, 0.15) is 0 Å². The molecule has 1 rings (SSSR count). The Morgan fingerprint density at radius 3 is 2.64 bits per heavy atom. The maximum atomic E-state index is 11.7. The molecule has 4 heteroatoms. The van der Waals surface area contributed by atoms with E-state index in [4.69, 9.17) is 4.74 Å². The number of carbonyl (C=O) groups excluding carboxylic acids is 1. The molecule has 0 bridgehead atoms. The standard InChI is InChI=1S/C10H20N2O2/c1-8-5-6-12(7-9(8)14-4)10(13)11(2)3/h8-9H,5-7H2,1-4H3. The van der Waals surface area contributed by atoms with Crippen LogP contribution in [0.4, 0.5) is 4.79 Å². The summed E-state index contributed by atoms with van der Waals surface area (Å²) in [7, 11) is 5.27. The van der Waals surface area contributed by atoms with Crippen molar-refractivity contribution >= 4 is 6.03 Å². The number of methoxy groups -OCH3 is 1. The Kier molecular flexibility index (Phi) is 3.75. The first-order chi connectivity index (χ1) is 6.56. The van der Waals surface area contributed by atoms with Crippen molar-refractivity contribution in [1.82, 2.24) is 9.80 Å². The highest BCUT2D eigenvalue weighted by Crippen LogP contribution is 2.19. The third-order valence-electron chi connectivity index (χ3n) is 2.85. The number of amides is 2. The van der Waals surface area contributed by atoms with Crippen LogP contribution in [-0.2, 0) is 4.74 Å². The van der Waals surface area contributed by atoms with Gasteiger partial charge in [-0.3, -0.25) is 0 Å². The molecule has 0 aromatic heterocycles. The summed E-state index contributed by atoms with van der Waals surface area (Å²) in [5.41, 5.74) is 0. The quantitative estimate of drug-likeness (QED) is 0.633. The fourth-order valence-electron chi connectivity index (χ4n) is 1.80. The summed E-state index contributed by atoms with van der Waals surface area (Å²) >= 11 is 0. The van der Waals surface area contributed by atoms with E-state index in [1.807, 2.05) is 4.90 Å². The van der Waals surface area contributed by atoms with Gasteiger partial charge in [-0.15, -0.1) is 0 Å². The number of rotatable bonds is 1. The predicted octanol–water partition coefficient (Wildman–Crippen LogP) is 1.02. The van der Waals surface area contributed by atoms with E-state index in [1.54, 1.807) is 26.1 Å². The second-order valence-corrected chi connectivity index (χ2v) is 4.16. The first kappa shape index (κ1) is 11.3. The van der Waals surface area contributed by atoms with Gasteiger partial charge < -0.3 is 14.5 Å². The highest BCUT2D eigenvalue weighted by molar-refractivity contribution is 5.73. The van der Waals surface area contributed by atoms with E-state index in [-0.39, 0.29) is 12.1 Å². The number of carbonyl (C=O) groups is 1. The molecular weight excluding hydrogens is 180 g/mol. The molecule has 0 N–H and O–H groups in total. The van der Waals surface area contributed by atoms with Crippen LogP contribution in [0.15, 0.2) is 0 Å². The lowest BCUT2D eigenvalue weighted by atomic mass is 9.96. The molecule has 1 aliphatic rings. The Hall–Kier alpha value is -0.770. The zero-order chi connectivity index (χ0) is 10.7. The van der Waals surface area contributed by atoms with Crippen LogP contribution in [-0.4, -0.2) is 56.2 Å². The van der Waals surface area contributed by atoms with Crippen molar-refractivity contribution in [3.05, 3.63) is 0 Å². The van der Waals surface area contributed by atoms with Gasteiger partial charge in [0.2, 0.25) is 0 Å². The van der Waals surface area contributed by atoms with E-state index in [0.717, 1.165) is 13.0 Å². The van der Waals surface area contributed by atoms with E-state index < -0.39 is 0 Å². The van der Waals surface area contributed by atoms with Gasteiger partial charge in [0, 0.05) is 34.3 Å². The van der Waals surface area contributed by atoms with E-state index in [2.05, 4.69) is 6.92 Å². The van der Waals surface area contributed by atoms with Gasteiger partial charge in [-0.2, -0.15) is 0 Å². The number of piperidine rings is 1. The van der Waals surface area contributed by atoms with Crippen molar-refractivity contribution in [1.29, 1.82) is 0 Å². The maximum Gasteiger partial charge on any atom is 0.319 e. The molecule has 2 unspecified atom stereocenters. The smallest absolute Gasteiger partial charge is 0.319 e. The molecule has 1 aliphatic heterocycles. The third kappa shape index (κ3) is 2.38. The number of ether oxygens (including phenoxy) is 1. The van der Waals surface area contributed by atoms with Gasteiger partial charge >= 0.3 is 6.03 Å². The number of hydrogen-bond acceptors (Lipinski definition) is 2. The van der Waals surface area contributed by atoms with Gasteiger partial charge in [-0.1, -0.05) is 6.92 Å². The van der Waals surface area contributed by atoms with Crippen molar-refractivity contribution in [3.8, 4) is 0 Å². The predicted molar refractivity (Wildman–Crippen MR) is 55.2 cm³/mol. The molecule has 0 aromatic carbocycles. The lowest BCUT2D eigenvalue weighted by Crippen LogP contribution is -2.49. The first-order valence-electron chi connectivity index (χ1n) is 5.05. The molecule has 1 fully saturated rings. The largest absolute Gasteiger partial charge is 0.379 e. The lowest BCUT2D eigenvalue weighted by Gasteiger charge is -2.37. The van der Waals surface area contributed by atoms with Gasteiger partial charge in [-0.25, -0.2) is 4.79 Å². The van der Waals surface area contributed by atoms with Crippen LogP contribution < -0.4 is 0 Å². The molecule has 14 heavy (non-hydrogen) atoms. The van der Waals surface area contributed by atoms with Crippen LogP contribution in [0.1, 0.15) is 13.3 Å². The number of urea groups is 1. The Bertz CT molecular complexity index is 206. The molecule has 0 aliphatic carbocycles. The van der Waals surface area contributed by atoms with Crippen LogP contribution in [0, 0.1) is 5.92 Å². The molecule has 0 saturated carbocycles. The molecule has 0 radical (unpaired) electrons. The highest BCUT2D eigenvalue weighted by Gasteiger charge is 2.29. The Labute approximate surface area is 85.8 Å². The number of hydrogen-bond donors (Lipinski definition) is 0. The summed E-state index contributed by atoms with van der Waals surface area (Å²) in [5, 5.41) is 0. The van der Waals surface area contributed by atoms with Crippen LogP contribution >= 0.6 is 0 Å². The normalized spacial score (nSPS) is 27.6. The summed E-state index contributed by atoms with van der Waals surface area (Å²) in [6.45, 7) is 3.73. The summed E-state index contributed by atoms with van der Waals surface area (Å²) in [4.78, 5) is 15.1. The molecule has 0 spiro atoms. The molecule has 1 saturated heterocycles. The Balaban J connectivity index is 2.54. The molecule has 4 nitrogen and oxygen atoms in total. The monoisotopic (exact) mass is 200 g/mol. The molecule has 82 valence electrons. The third-order valence-corrected chi connectivity index (χ3v) is 2.85. The van der Waals surface area contributed by atoms with Crippen molar-refractivity contribution < 1.29 is 9.53 Å². The van der Waals surface area contributed by atoms with E-state index in [9.17, 15) is 4.79 Å². The van der Waals surface area contributed by atoms with Gasteiger partial charge in [-0.05, 0) is 12.3 Å². The minimum absolute atomic E-state index is 0.0824. The zero-order valence-corrected chi connectivity index (χ0v) is 9.49. The second kappa shape index (κ2) is 4.64. The van der Waals surface area contributed by atoms with Crippen LogP contribution in [0.2, 0.25) is 0 Å². The minimum atomic E-state index is 0.0824. The number of likely N-dealkylation sites (tertiary alicyclic amines) is 1. The first-order valence-corrected chi connectivity index (χ1v) is 5.05. The van der Waals surface area contributed by atoms with E-state index in [0.29, 0.717) is 12.5 Å². The summed E-state index contributed by atoms with van der Waals surface area (Å²) in [6.07, 6.45) is 1.21. The van der Waals surface area contributed by atoms with E-state index >= 15 is 0 Å². The summed E-state index contributed by atoms with van der Waals surface area (Å²) in [6, 6.07) is 0.0824. The lowest BCUT2D eigenvalue weighted by molar-refractivity contribution is 0.00390. The topological polar surface area (TPSA) is 32.8 Å². The Morgan fingerprint density at radius 1 is 1.50 bits per heavy atom. The molecule has 2 amide bonds. The average molecular weight is 200 g/mol. The summed E-state index contributed by atoms with van der Waals surface area (Å²) in [5.74, 6) is 0.547. The maximum absolute atomic E-state index is 11.7. The average Bonchev–Trinajstić information content (AvgIpc) is 2.17. The number of nitrogens with zero attached hydrogens (tertiary/aromatic N) is 2. The SMILES string of the molecule is COC1CN(C(=O)N(C)C)CCC1C. The fraction of sp³-hybridized carbons (Fsp3) is 0.900. The van der Waals surface area contributed by atoms with Crippen LogP contribution in [0.5, 0.6) is 0 Å². The van der Waals surface area contributed by atoms with Crippen molar-refractivity contribution in [3.63, 3.8) is 0 Å². The van der Waals surface area contributed by atoms with Crippen LogP contribution in [0.25, 0.3) is 0 Å². The highest BCUT2D eigenvalue weighted by atomic mass is 16.5. The second-order valence-electron chi connectivity index (χ2n) is 4.16. The van der Waals surface area contributed by atoms with Crippen LogP contribution in [0.3, 0.4) is 0 Å². The van der Waals surface area contributed by atoms with Gasteiger partial charge in [0.25, 0.3) is 0 Å². The molecular formula is C10H20N2O2. The summed E-state index contributed by atoms with van der Waals surface area (Å²) < 4.78 is 5.35. The molecule has 0 aromatic rings. The molecule has 2 atom stereocenters.